The molecule has 0 aromatic heterocycles. The minimum Gasteiger partial charge on any atom is -0.459 e. The maximum absolute atomic E-state index is 13.2. The maximum atomic E-state index is 13.2. The van der Waals surface area contributed by atoms with E-state index in [1.807, 2.05) is 25.7 Å². The van der Waals surface area contributed by atoms with Gasteiger partial charge in [-0.1, -0.05) is 53.9 Å². The summed E-state index contributed by atoms with van der Waals surface area (Å²) < 4.78 is 12.4. The van der Waals surface area contributed by atoms with E-state index in [1.54, 1.807) is 0 Å². The largest absolute Gasteiger partial charge is 0.459 e. The van der Waals surface area contributed by atoms with Gasteiger partial charge in [0.2, 0.25) is 0 Å². The first-order valence-corrected chi connectivity index (χ1v) is 13.3. The summed E-state index contributed by atoms with van der Waals surface area (Å²) in [6.45, 7) is 15.7. The molecule has 0 N–H and O–H groups in total. The molecule has 0 atom stereocenters. The van der Waals surface area contributed by atoms with Crippen LogP contribution in [0.25, 0.3) is 0 Å². The molecule has 1 rings (SSSR count). The van der Waals surface area contributed by atoms with Gasteiger partial charge in [0.1, 0.15) is 11.2 Å². The first-order valence-electron chi connectivity index (χ1n) is 13.3. The molecule has 0 aromatic rings. The Morgan fingerprint density at radius 1 is 0.844 bits per heavy atom. The Hall–Kier alpha value is -1.26. The standard InChI is InChI=1S/C27H51NO4/c1-8-13-16-27(17-14-9-2,18-15-10-3)32-24(30)28-21-19-26(12-5,20-22-28)31-23(29)25(6,7)11-4/h8-22H2,1-7H3. The van der Waals surface area contributed by atoms with Crippen molar-refractivity contribution in [3.05, 3.63) is 0 Å². The monoisotopic (exact) mass is 453 g/mol. The number of ether oxygens (including phenoxy) is 2. The van der Waals surface area contributed by atoms with Gasteiger partial charge in [-0.15, -0.1) is 0 Å². The van der Waals surface area contributed by atoms with E-state index in [0.29, 0.717) is 25.9 Å². The van der Waals surface area contributed by atoms with Gasteiger partial charge in [0.05, 0.1) is 5.41 Å². The molecule has 5 heteroatoms. The highest BCUT2D eigenvalue weighted by atomic mass is 16.6. The lowest BCUT2D eigenvalue weighted by Crippen LogP contribution is -2.51. The van der Waals surface area contributed by atoms with Gasteiger partial charge in [0.15, 0.2) is 0 Å². The van der Waals surface area contributed by atoms with E-state index in [4.69, 9.17) is 9.47 Å². The van der Waals surface area contributed by atoms with E-state index >= 15 is 0 Å². The van der Waals surface area contributed by atoms with Crippen molar-refractivity contribution >= 4 is 12.1 Å². The van der Waals surface area contributed by atoms with Gasteiger partial charge < -0.3 is 14.4 Å². The van der Waals surface area contributed by atoms with Crippen LogP contribution in [0.4, 0.5) is 4.79 Å². The molecule has 1 heterocycles. The molecule has 1 saturated heterocycles. The molecule has 0 unspecified atom stereocenters. The summed E-state index contributed by atoms with van der Waals surface area (Å²) in [4.78, 5) is 27.8. The molecule has 1 aliphatic heterocycles. The fourth-order valence-corrected chi connectivity index (χ4v) is 4.38. The number of unbranched alkanes of at least 4 members (excludes halogenated alkanes) is 3. The maximum Gasteiger partial charge on any atom is 0.410 e. The van der Waals surface area contributed by atoms with E-state index in [9.17, 15) is 9.59 Å². The normalized spacial score (nSPS) is 16.7. The number of piperidine rings is 1. The number of amides is 1. The number of carbonyl (C=O) groups excluding carboxylic acids is 2. The third-order valence-corrected chi connectivity index (χ3v) is 7.58. The number of hydrogen-bond acceptors (Lipinski definition) is 4. The zero-order valence-corrected chi connectivity index (χ0v) is 22.2. The third kappa shape index (κ3) is 8.26. The molecule has 0 radical (unpaired) electrons. The van der Waals surface area contributed by atoms with Gasteiger partial charge in [0.25, 0.3) is 0 Å². The van der Waals surface area contributed by atoms with Crippen LogP contribution in [0.1, 0.15) is 132 Å². The molecule has 1 aliphatic rings. The molecule has 0 spiro atoms. The molecular weight excluding hydrogens is 402 g/mol. The summed E-state index contributed by atoms with van der Waals surface area (Å²) in [6, 6.07) is 0. The van der Waals surface area contributed by atoms with Crippen LogP contribution in [0, 0.1) is 5.41 Å². The number of likely N-dealkylation sites (tertiary alicyclic amines) is 1. The lowest BCUT2D eigenvalue weighted by Gasteiger charge is -2.43. The predicted molar refractivity (Wildman–Crippen MR) is 132 cm³/mol. The highest BCUT2D eigenvalue weighted by Crippen LogP contribution is 2.36. The molecule has 1 amide bonds. The Morgan fingerprint density at radius 2 is 1.31 bits per heavy atom. The lowest BCUT2D eigenvalue weighted by molar-refractivity contribution is -0.176. The summed E-state index contributed by atoms with van der Waals surface area (Å²) in [7, 11) is 0. The summed E-state index contributed by atoms with van der Waals surface area (Å²) in [5, 5.41) is 0. The van der Waals surface area contributed by atoms with Crippen molar-refractivity contribution in [1.29, 1.82) is 0 Å². The minimum absolute atomic E-state index is 0.129. The van der Waals surface area contributed by atoms with Crippen molar-refractivity contribution in [3.63, 3.8) is 0 Å². The van der Waals surface area contributed by atoms with Crippen molar-refractivity contribution in [2.24, 2.45) is 5.41 Å². The Kier molecular flexibility index (Phi) is 12.1. The number of carbonyl (C=O) groups is 2. The van der Waals surface area contributed by atoms with Gasteiger partial charge in [-0.25, -0.2) is 4.79 Å². The summed E-state index contributed by atoms with van der Waals surface area (Å²) >= 11 is 0. The molecule has 0 bridgehead atoms. The van der Waals surface area contributed by atoms with E-state index in [-0.39, 0.29) is 17.7 Å². The number of esters is 1. The van der Waals surface area contributed by atoms with Gasteiger partial charge in [0, 0.05) is 25.9 Å². The number of nitrogens with zero attached hydrogens (tertiary/aromatic N) is 1. The third-order valence-electron chi connectivity index (χ3n) is 7.58. The van der Waals surface area contributed by atoms with Gasteiger partial charge in [-0.05, 0) is 65.2 Å². The second kappa shape index (κ2) is 13.4. The fraction of sp³-hybridized carbons (Fsp3) is 0.926. The van der Waals surface area contributed by atoms with E-state index in [2.05, 4.69) is 27.7 Å². The van der Waals surface area contributed by atoms with Crippen LogP contribution >= 0.6 is 0 Å². The summed E-state index contributed by atoms with van der Waals surface area (Å²) in [5.41, 5.74) is -1.28. The number of rotatable bonds is 14. The average Bonchev–Trinajstić information content (AvgIpc) is 2.80. The fourth-order valence-electron chi connectivity index (χ4n) is 4.38. The molecule has 5 nitrogen and oxygen atoms in total. The van der Waals surface area contributed by atoms with Crippen LogP contribution in [0.2, 0.25) is 0 Å². The van der Waals surface area contributed by atoms with Crippen LogP contribution < -0.4 is 0 Å². The Balaban J connectivity index is 2.84. The zero-order chi connectivity index (χ0) is 24.3. The predicted octanol–water partition coefficient (Wildman–Crippen LogP) is 7.66. The lowest BCUT2D eigenvalue weighted by atomic mass is 9.85. The highest BCUT2D eigenvalue weighted by molar-refractivity contribution is 5.76. The molecule has 32 heavy (non-hydrogen) atoms. The first-order chi connectivity index (χ1) is 15.1. The van der Waals surface area contributed by atoms with Crippen LogP contribution in [0.5, 0.6) is 0 Å². The van der Waals surface area contributed by atoms with Crippen molar-refractivity contribution in [3.8, 4) is 0 Å². The average molecular weight is 454 g/mol. The van der Waals surface area contributed by atoms with E-state index in [1.165, 1.54) is 0 Å². The first kappa shape index (κ1) is 28.8. The highest BCUT2D eigenvalue weighted by Gasteiger charge is 2.42. The van der Waals surface area contributed by atoms with Crippen LogP contribution in [-0.4, -0.2) is 41.3 Å². The van der Waals surface area contributed by atoms with Crippen molar-refractivity contribution in [2.45, 2.75) is 143 Å². The second-order valence-corrected chi connectivity index (χ2v) is 10.5. The van der Waals surface area contributed by atoms with Gasteiger partial charge in [-0.3, -0.25) is 4.79 Å². The Morgan fingerprint density at radius 3 is 1.69 bits per heavy atom. The van der Waals surface area contributed by atoms with Crippen LogP contribution in [0.15, 0.2) is 0 Å². The Labute approximate surface area is 198 Å². The molecule has 188 valence electrons. The molecule has 1 fully saturated rings. The smallest absolute Gasteiger partial charge is 0.410 e. The van der Waals surface area contributed by atoms with E-state index < -0.39 is 11.0 Å². The SMILES string of the molecule is CCCCC(CCCC)(CCCC)OC(=O)N1CCC(CC)(OC(=O)C(C)(C)CC)CC1. The Bertz CT molecular complexity index is 542. The minimum atomic E-state index is -0.477. The summed E-state index contributed by atoms with van der Waals surface area (Å²) in [6.07, 6.45) is 12.1. The molecule has 0 saturated carbocycles. The van der Waals surface area contributed by atoms with Crippen molar-refractivity contribution in [1.82, 2.24) is 4.90 Å². The topological polar surface area (TPSA) is 55.8 Å². The van der Waals surface area contributed by atoms with E-state index in [0.717, 1.165) is 70.6 Å². The number of hydrogen-bond donors (Lipinski definition) is 0. The van der Waals surface area contributed by atoms with Crippen LogP contribution in [-0.2, 0) is 14.3 Å². The van der Waals surface area contributed by atoms with Crippen LogP contribution in [0.3, 0.4) is 0 Å². The quantitative estimate of drug-likeness (QED) is 0.253. The molecular formula is C27H51NO4. The van der Waals surface area contributed by atoms with Crippen molar-refractivity contribution in [2.75, 3.05) is 13.1 Å². The van der Waals surface area contributed by atoms with Gasteiger partial charge >= 0.3 is 12.1 Å². The second-order valence-electron chi connectivity index (χ2n) is 10.5. The summed E-state index contributed by atoms with van der Waals surface area (Å²) in [5.74, 6) is -0.129. The van der Waals surface area contributed by atoms with Crippen molar-refractivity contribution < 1.29 is 19.1 Å². The van der Waals surface area contributed by atoms with Gasteiger partial charge in [-0.2, -0.15) is 0 Å². The molecule has 0 aliphatic carbocycles. The molecule has 0 aromatic carbocycles. The zero-order valence-electron chi connectivity index (χ0n) is 22.2.